The summed E-state index contributed by atoms with van der Waals surface area (Å²) >= 11 is 0. The van der Waals surface area contributed by atoms with Crippen molar-refractivity contribution in [1.29, 1.82) is 0 Å². The molecule has 0 radical (unpaired) electrons. The number of nitrogens with one attached hydrogen (secondary N) is 1. The van der Waals surface area contributed by atoms with E-state index in [9.17, 15) is 10.1 Å². The molecule has 1 aromatic heterocycles. The Kier molecular flexibility index (Phi) is 4.17. The summed E-state index contributed by atoms with van der Waals surface area (Å²) in [6, 6.07) is 7.09. The van der Waals surface area contributed by atoms with Crippen molar-refractivity contribution in [2.24, 2.45) is 0 Å². The van der Waals surface area contributed by atoms with Crippen LogP contribution in [0.5, 0.6) is 11.8 Å². The zero-order valence-electron chi connectivity index (χ0n) is 11.8. The van der Waals surface area contributed by atoms with Gasteiger partial charge in [-0.25, -0.2) is 0 Å². The molecule has 8 heteroatoms. The third kappa shape index (κ3) is 2.99. The van der Waals surface area contributed by atoms with Gasteiger partial charge in [0.05, 0.1) is 24.8 Å². The van der Waals surface area contributed by atoms with E-state index in [-0.39, 0.29) is 23.2 Å². The number of nitro groups is 1. The highest BCUT2D eigenvalue weighted by Gasteiger charge is 2.23. The number of anilines is 2. The van der Waals surface area contributed by atoms with Crippen molar-refractivity contribution < 1.29 is 14.4 Å². The van der Waals surface area contributed by atoms with Crippen LogP contribution in [0.25, 0.3) is 0 Å². The predicted octanol–water partition coefficient (Wildman–Crippen LogP) is 2.45. The summed E-state index contributed by atoms with van der Waals surface area (Å²) in [5.74, 6) is 0.593. The van der Waals surface area contributed by atoms with Gasteiger partial charge in [-0.2, -0.15) is 9.97 Å². The lowest BCUT2D eigenvalue weighted by molar-refractivity contribution is -0.385. The fraction of sp³-hybridized carbons (Fsp3) is 0.231. The maximum absolute atomic E-state index is 11.2. The molecular weight excluding hydrogens is 276 g/mol. The lowest BCUT2D eigenvalue weighted by Gasteiger charge is -2.11. The molecular formula is C13H14N4O4. The molecule has 0 aliphatic rings. The van der Waals surface area contributed by atoms with Crippen LogP contribution in [0.2, 0.25) is 0 Å². The molecule has 1 N–H and O–H groups in total. The van der Waals surface area contributed by atoms with E-state index in [1.807, 2.05) is 0 Å². The molecule has 0 aliphatic heterocycles. The van der Waals surface area contributed by atoms with Crippen LogP contribution in [0.3, 0.4) is 0 Å². The van der Waals surface area contributed by atoms with E-state index in [1.165, 1.54) is 21.1 Å². The molecule has 0 unspecified atom stereocenters. The van der Waals surface area contributed by atoms with Gasteiger partial charge >= 0.3 is 11.7 Å². The molecule has 1 heterocycles. The van der Waals surface area contributed by atoms with Gasteiger partial charge in [0.1, 0.15) is 11.4 Å². The van der Waals surface area contributed by atoms with Crippen LogP contribution < -0.4 is 14.8 Å². The van der Waals surface area contributed by atoms with Crippen molar-refractivity contribution in [2.75, 3.05) is 19.5 Å². The van der Waals surface area contributed by atoms with Crippen molar-refractivity contribution in [3.63, 3.8) is 0 Å². The van der Waals surface area contributed by atoms with Crippen molar-refractivity contribution in [2.45, 2.75) is 6.92 Å². The minimum atomic E-state index is -0.535. The Bertz CT molecular complexity index is 675. The second-order valence-electron chi connectivity index (χ2n) is 4.08. The highest BCUT2D eigenvalue weighted by Crippen LogP contribution is 2.33. The van der Waals surface area contributed by atoms with E-state index < -0.39 is 4.92 Å². The van der Waals surface area contributed by atoms with E-state index >= 15 is 0 Å². The quantitative estimate of drug-likeness (QED) is 0.666. The Labute approximate surface area is 120 Å². The van der Waals surface area contributed by atoms with Gasteiger partial charge in [-0.3, -0.25) is 10.1 Å². The average Bonchev–Trinajstić information content (AvgIpc) is 2.46. The van der Waals surface area contributed by atoms with Gasteiger partial charge < -0.3 is 14.8 Å². The Morgan fingerprint density at radius 2 is 1.90 bits per heavy atom. The minimum absolute atomic E-state index is 0.0499. The summed E-state index contributed by atoms with van der Waals surface area (Å²) in [5.41, 5.74) is 0.564. The number of methoxy groups -OCH3 is 2. The molecule has 110 valence electrons. The molecule has 8 nitrogen and oxygen atoms in total. The van der Waals surface area contributed by atoms with Gasteiger partial charge in [-0.15, -0.1) is 0 Å². The van der Waals surface area contributed by atoms with Crippen molar-refractivity contribution >= 4 is 17.2 Å². The van der Waals surface area contributed by atoms with Crippen molar-refractivity contribution in [3.8, 4) is 11.8 Å². The second kappa shape index (κ2) is 6.04. The summed E-state index contributed by atoms with van der Waals surface area (Å²) in [6.07, 6.45) is 0. The summed E-state index contributed by atoms with van der Waals surface area (Å²) in [7, 11) is 2.91. The summed E-state index contributed by atoms with van der Waals surface area (Å²) in [6.45, 7) is 1.52. The lowest BCUT2D eigenvalue weighted by atomic mass is 10.2. The van der Waals surface area contributed by atoms with Crippen LogP contribution in [0, 0.1) is 17.0 Å². The average molecular weight is 290 g/mol. The summed E-state index contributed by atoms with van der Waals surface area (Å²) in [5, 5.41) is 14.1. The molecule has 0 saturated heterocycles. The van der Waals surface area contributed by atoms with E-state index in [2.05, 4.69) is 15.3 Å². The number of aryl methyl sites for hydroxylation is 1. The Balaban J connectivity index is 2.52. The SMILES string of the molecule is COc1nc(C)c([N+](=O)[O-])c(Nc2ccccc2OC)n1. The molecule has 0 bridgehead atoms. The normalized spacial score (nSPS) is 10.0. The zero-order valence-corrected chi connectivity index (χ0v) is 11.8. The first kappa shape index (κ1) is 14.5. The van der Waals surface area contributed by atoms with Crippen LogP contribution in [0.4, 0.5) is 17.2 Å². The number of aromatic nitrogens is 2. The lowest BCUT2D eigenvalue weighted by Crippen LogP contribution is -2.06. The second-order valence-corrected chi connectivity index (χ2v) is 4.08. The highest BCUT2D eigenvalue weighted by atomic mass is 16.6. The smallest absolute Gasteiger partial charge is 0.332 e. The molecule has 1 aromatic carbocycles. The predicted molar refractivity (Wildman–Crippen MR) is 76.3 cm³/mol. The Hall–Kier alpha value is -2.90. The summed E-state index contributed by atoms with van der Waals surface area (Å²) < 4.78 is 10.1. The number of rotatable bonds is 5. The number of hydrogen-bond acceptors (Lipinski definition) is 7. The molecule has 21 heavy (non-hydrogen) atoms. The Morgan fingerprint density at radius 3 is 2.52 bits per heavy atom. The third-order valence-corrected chi connectivity index (χ3v) is 2.76. The van der Waals surface area contributed by atoms with Crippen LogP contribution in [-0.2, 0) is 0 Å². The third-order valence-electron chi connectivity index (χ3n) is 2.76. The van der Waals surface area contributed by atoms with Crippen LogP contribution in [0.1, 0.15) is 5.69 Å². The van der Waals surface area contributed by atoms with Gasteiger partial charge in [-0.05, 0) is 19.1 Å². The van der Waals surface area contributed by atoms with Gasteiger partial charge in [0, 0.05) is 0 Å². The van der Waals surface area contributed by atoms with Crippen LogP contribution >= 0.6 is 0 Å². The number of ether oxygens (including phenoxy) is 2. The molecule has 0 aliphatic carbocycles. The molecule has 0 amide bonds. The van der Waals surface area contributed by atoms with Gasteiger partial charge in [0.15, 0.2) is 0 Å². The first-order valence-corrected chi connectivity index (χ1v) is 6.04. The van der Waals surface area contributed by atoms with E-state index in [0.29, 0.717) is 11.4 Å². The molecule has 0 atom stereocenters. The largest absolute Gasteiger partial charge is 0.495 e. The van der Waals surface area contributed by atoms with Crippen LogP contribution in [0.15, 0.2) is 24.3 Å². The minimum Gasteiger partial charge on any atom is -0.495 e. The molecule has 0 saturated carbocycles. The van der Waals surface area contributed by atoms with E-state index in [0.717, 1.165) is 0 Å². The number of hydrogen-bond donors (Lipinski definition) is 1. The topological polar surface area (TPSA) is 99.4 Å². The van der Waals surface area contributed by atoms with Crippen molar-refractivity contribution in [1.82, 2.24) is 9.97 Å². The summed E-state index contributed by atoms with van der Waals surface area (Å²) in [4.78, 5) is 18.6. The van der Waals surface area contributed by atoms with Crippen molar-refractivity contribution in [3.05, 3.63) is 40.1 Å². The highest BCUT2D eigenvalue weighted by molar-refractivity contribution is 5.71. The van der Waals surface area contributed by atoms with Gasteiger partial charge in [0.25, 0.3) is 0 Å². The maximum atomic E-state index is 11.2. The first-order chi connectivity index (χ1) is 10.1. The van der Waals surface area contributed by atoms with Gasteiger partial charge in [-0.1, -0.05) is 12.1 Å². The monoisotopic (exact) mass is 290 g/mol. The molecule has 2 aromatic rings. The Morgan fingerprint density at radius 1 is 1.19 bits per heavy atom. The number of para-hydroxylation sites is 2. The fourth-order valence-corrected chi connectivity index (χ4v) is 1.81. The standard InChI is InChI=1S/C13H14N4O4/c1-8-11(17(18)19)12(16-13(14-8)21-3)15-9-6-4-5-7-10(9)20-2/h4-7H,1-3H3,(H,14,15,16). The zero-order chi connectivity index (χ0) is 15.4. The first-order valence-electron chi connectivity index (χ1n) is 6.04. The van der Waals surface area contributed by atoms with Crippen LogP contribution in [-0.4, -0.2) is 29.1 Å². The van der Waals surface area contributed by atoms with E-state index in [4.69, 9.17) is 9.47 Å². The molecule has 0 fully saturated rings. The maximum Gasteiger partial charge on any atom is 0.332 e. The molecule has 0 spiro atoms. The molecule has 2 rings (SSSR count). The van der Waals surface area contributed by atoms with Gasteiger partial charge in [0.2, 0.25) is 5.82 Å². The number of nitrogens with zero attached hydrogens (tertiary/aromatic N) is 3. The van der Waals surface area contributed by atoms with E-state index in [1.54, 1.807) is 24.3 Å². The fourth-order valence-electron chi connectivity index (χ4n) is 1.81. The number of benzene rings is 1.